The van der Waals surface area contributed by atoms with E-state index < -0.39 is 0 Å². The van der Waals surface area contributed by atoms with Crippen molar-refractivity contribution < 1.29 is 14.3 Å². The van der Waals surface area contributed by atoms with Crippen LogP contribution in [0.2, 0.25) is 0 Å². The molecule has 3 heterocycles. The summed E-state index contributed by atoms with van der Waals surface area (Å²) in [5.74, 6) is 2.01. The quantitative estimate of drug-likeness (QED) is 0.413. The Labute approximate surface area is 217 Å². The summed E-state index contributed by atoms with van der Waals surface area (Å²) in [5.41, 5.74) is 3.26. The number of carbonyl (C=O) groups excluding carboxylic acids is 1. The second-order valence-electron chi connectivity index (χ2n) is 9.47. The average Bonchev–Trinajstić information content (AvgIpc) is 3.60. The largest absolute Gasteiger partial charge is 0.493 e. The molecule has 0 radical (unpaired) electrons. The van der Waals surface area contributed by atoms with Gasteiger partial charge >= 0.3 is 0 Å². The number of hydrazone groups is 1. The zero-order valence-corrected chi connectivity index (χ0v) is 21.7. The van der Waals surface area contributed by atoms with Gasteiger partial charge in [-0.2, -0.15) is 5.10 Å². The van der Waals surface area contributed by atoms with Crippen LogP contribution in [0.15, 0.2) is 71.1 Å². The van der Waals surface area contributed by atoms with Crippen LogP contribution in [0.3, 0.4) is 0 Å². The molecule has 0 aliphatic carbocycles. The first kappa shape index (κ1) is 24.5. The first-order valence-electron chi connectivity index (χ1n) is 12.6. The first-order chi connectivity index (χ1) is 17.7. The third kappa shape index (κ3) is 5.32. The van der Waals surface area contributed by atoms with E-state index in [0.29, 0.717) is 30.4 Å². The van der Waals surface area contributed by atoms with Gasteiger partial charge in [0.25, 0.3) is 5.91 Å². The van der Waals surface area contributed by atoms with Crippen molar-refractivity contribution in [3.05, 3.63) is 82.0 Å². The SMILES string of the molecule is COc1cccc(C2CC(c3cccs3)=NN2C(=O)CN2CCC(Cc3ccccc3)CC2)c1OC. The Morgan fingerprint density at radius 2 is 1.81 bits per heavy atom. The van der Waals surface area contributed by atoms with Gasteiger partial charge in [-0.25, -0.2) is 5.01 Å². The summed E-state index contributed by atoms with van der Waals surface area (Å²) >= 11 is 1.65. The third-order valence-electron chi connectivity index (χ3n) is 7.20. The Morgan fingerprint density at radius 1 is 1.00 bits per heavy atom. The van der Waals surface area contributed by atoms with E-state index in [4.69, 9.17) is 14.6 Å². The van der Waals surface area contributed by atoms with Crippen molar-refractivity contribution in [2.45, 2.75) is 31.7 Å². The van der Waals surface area contributed by atoms with Gasteiger partial charge < -0.3 is 9.47 Å². The van der Waals surface area contributed by atoms with Crippen LogP contribution in [0.1, 0.15) is 41.3 Å². The van der Waals surface area contributed by atoms with Gasteiger partial charge in [0.15, 0.2) is 11.5 Å². The lowest BCUT2D eigenvalue weighted by molar-refractivity contribution is -0.134. The van der Waals surface area contributed by atoms with E-state index in [0.717, 1.165) is 48.5 Å². The zero-order valence-electron chi connectivity index (χ0n) is 20.9. The highest BCUT2D eigenvalue weighted by molar-refractivity contribution is 7.12. The average molecular weight is 504 g/mol. The van der Waals surface area contributed by atoms with Crippen LogP contribution in [-0.4, -0.2) is 55.4 Å². The molecular formula is C29H33N3O3S. The number of rotatable bonds is 8. The fraction of sp³-hybridized carbons (Fsp3) is 0.379. The standard InChI is InChI=1S/C29H33N3O3S/c1-34-26-11-6-10-23(29(26)35-2)25-19-24(27-12-7-17-36-27)30-32(25)28(33)20-31-15-13-22(14-16-31)18-21-8-4-3-5-9-21/h3-12,17,22,25H,13-16,18-20H2,1-2H3. The van der Waals surface area contributed by atoms with Crippen molar-refractivity contribution in [3.8, 4) is 11.5 Å². The van der Waals surface area contributed by atoms with Crippen LogP contribution in [0.25, 0.3) is 0 Å². The second-order valence-corrected chi connectivity index (χ2v) is 10.4. The summed E-state index contributed by atoms with van der Waals surface area (Å²) in [6, 6.07) is 20.4. The van der Waals surface area contributed by atoms with Gasteiger partial charge in [-0.1, -0.05) is 48.5 Å². The Bertz CT molecular complexity index is 1190. The van der Waals surface area contributed by atoms with Gasteiger partial charge in [-0.05, 0) is 61.3 Å². The molecule has 0 saturated carbocycles. The number of nitrogens with zero attached hydrogens (tertiary/aromatic N) is 3. The predicted molar refractivity (Wildman–Crippen MR) is 144 cm³/mol. The molecule has 1 saturated heterocycles. The molecule has 6 nitrogen and oxygen atoms in total. The highest BCUT2D eigenvalue weighted by Crippen LogP contribution is 2.42. The van der Waals surface area contributed by atoms with Crippen LogP contribution in [0.4, 0.5) is 0 Å². The van der Waals surface area contributed by atoms with E-state index in [1.54, 1.807) is 30.6 Å². The molecule has 1 unspecified atom stereocenters. The topological polar surface area (TPSA) is 54.4 Å². The molecular weight excluding hydrogens is 470 g/mol. The first-order valence-corrected chi connectivity index (χ1v) is 13.4. The molecule has 1 aromatic heterocycles. The molecule has 5 rings (SSSR count). The number of benzene rings is 2. The van der Waals surface area contributed by atoms with E-state index in [1.807, 2.05) is 29.6 Å². The summed E-state index contributed by atoms with van der Waals surface area (Å²) in [4.78, 5) is 17.0. The minimum atomic E-state index is -0.227. The summed E-state index contributed by atoms with van der Waals surface area (Å²) in [7, 11) is 3.28. The number of thiophene rings is 1. The van der Waals surface area contributed by atoms with Crippen molar-refractivity contribution in [3.63, 3.8) is 0 Å². The number of carbonyl (C=O) groups is 1. The third-order valence-corrected chi connectivity index (χ3v) is 8.12. The summed E-state index contributed by atoms with van der Waals surface area (Å²) in [6.45, 7) is 2.25. The number of likely N-dealkylation sites (tertiary alicyclic amines) is 1. The Balaban J connectivity index is 1.30. The maximum Gasteiger partial charge on any atom is 0.257 e. The maximum absolute atomic E-state index is 13.6. The minimum Gasteiger partial charge on any atom is -0.493 e. The summed E-state index contributed by atoms with van der Waals surface area (Å²) < 4.78 is 11.3. The van der Waals surface area contributed by atoms with Crippen molar-refractivity contribution in [1.29, 1.82) is 0 Å². The van der Waals surface area contributed by atoms with Gasteiger partial charge in [0.1, 0.15) is 0 Å². The number of amides is 1. The fourth-order valence-electron chi connectivity index (χ4n) is 5.31. The lowest BCUT2D eigenvalue weighted by Gasteiger charge is -2.33. The Kier molecular flexibility index (Phi) is 7.68. The molecule has 0 N–H and O–H groups in total. The molecule has 1 amide bonds. The van der Waals surface area contributed by atoms with Crippen molar-refractivity contribution >= 4 is 23.0 Å². The van der Waals surface area contributed by atoms with Crippen LogP contribution in [0.5, 0.6) is 11.5 Å². The highest BCUT2D eigenvalue weighted by atomic mass is 32.1. The van der Waals surface area contributed by atoms with E-state index in [9.17, 15) is 4.79 Å². The molecule has 2 aliphatic rings. The Morgan fingerprint density at radius 3 is 2.50 bits per heavy atom. The number of hydrogen-bond donors (Lipinski definition) is 0. The van der Waals surface area contributed by atoms with E-state index in [2.05, 4.69) is 41.3 Å². The molecule has 188 valence electrons. The fourth-order valence-corrected chi connectivity index (χ4v) is 6.03. The van der Waals surface area contributed by atoms with Gasteiger partial charge in [0.2, 0.25) is 0 Å². The molecule has 0 bridgehead atoms. The lowest BCUT2D eigenvalue weighted by Crippen LogP contribution is -2.42. The molecule has 36 heavy (non-hydrogen) atoms. The number of para-hydroxylation sites is 1. The van der Waals surface area contributed by atoms with Crippen molar-refractivity contribution in [2.75, 3.05) is 33.9 Å². The molecule has 2 aromatic carbocycles. The number of piperidine rings is 1. The van der Waals surface area contributed by atoms with Gasteiger partial charge in [0, 0.05) is 12.0 Å². The lowest BCUT2D eigenvalue weighted by atomic mass is 9.90. The van der Waals surface area contributed by atoms with Gasteiger partial charge in [-0.15, -0.1) is 11.3 Å². The van der Waals surface area contributed by atoms with Crippen molar-refractivity contribution in [2.24, 2.45) is 11.0 Å². The minimum absolute atomic E-state index is 0.0259. The number of hydrogen-bond acceptors (Lipinski definition) is 6. The van der Waals surface area contributed by atoms with Crippen LogP contribution in [0, 0.1) is 5.92 Å². The number of ether oxygens (including phenoxy) is 2. The summed E-state index contributed by atoms with van der Waals surface area (Å²) in [6.07, 6.45) is 3.98. The maximum atomic E-state index is 13.6. The summed E-state index contributed by atoms with van der Waals surface area (Å²) in [5, 5.41) is 8.57. The normalized spacial score (nSPS) is 18.8. The Hall–Kier alpha value is -3.16. The highest BCUT2D eigenvalue weighted by Gasteiger charge is 2.36. The van der Waals surface area contributed by atoms with Gasteiger partial charge in [-0.3, -0.25) is 9.69 Å². The monoisotopic (exact) mass is 503 g/mol. The van der Waals surface area contributed by atoms with E-state index in [-0.39, 0.29) is 11.9 Å². The molecule has 2 aliphatic heterocycles. The van der Waals surface area contributed by atoms with Crippen LogP contribution >= 0.6 is 11.3 Å². The van der Waals surface area contributed by atoms with Gasteiger partial charge in [0.05, 0.1) is 37.4 Å². The van der Waals surface area contributed by atoms with Crippen LogP contribution in [-0.2, 0) is 11.2 Å². The predicted octanol–water partition coefficient (Wildman–Crippen LogP) is 5.40. The smallest absolute Gasteiger partial charge is 0.257 e. The molecule has 3 aromatic rings. The van der Waals surface area contributed by atoms with E-state index >= 15 is 0 Å². The number of methoxy groups -OCH3 is 2. The molecule has 0 spiro atoms. The van der Waals surface area contributed by atoms with Crippen molar-refractivity contribution in [1.82, 2.24) is 9.91 Å². The second kappa shape index (κ2) is 11.3. The molecule has 1 atom stereocenters. The van der Waals surface area contributed by atoms with Crippen LogP contribution < -0.4 is 9.47 Å². The zero-order chi connectivity index (χ0) is 24.9. The molecule has 1 fully saturated rings. The molecule has 7 heteroatoms. The van der Waals surface area contributed by atoms with E-state index in [1.165, 1.54) is 5.56 Å².